The van der Waals surface area contributed by atoms with Gasteiger partial charge >= 0.3 is 0 Å². The van der Waals surface area contributed by atoms with Crippen molar-refractivity contribution in [3.8, 4) is 0 Å². The SMILES string of the molecule is CC1CN(C(C)c2ccc(N)cc2)CCS1. The highest BCUT2D eigenvalue weighted by Crippen LogP contribution is 2.27. The highest BCUT2D eigenvalue weighted by atomic mass is 32.2. The van der Waals surface area contributed by atoms with Crippen LogP contribution in [0.4, 0.5) is 5.69 Å². The van der Waals surface area contributed by atoms with Gasteiger partial charge in [0, 0.05) is 35.8 Å². The van der Waals surface area contributed by atoms with Crippen LogP contribution < -0.4 is 5.73 Å². The molecule has 1 aliphatic rings. The van der Waals surface area contributed by atoms with Crippen LogP contribution in [0.5, 0.6) is 0 Å². The summed E-state index contributed by atoms with van der Waals surface area (Å²) in [5.74, 6) is 1.25. The van der Waals surface area contributed by atoms with Crippen molar-refractivity contribution in [2.75, 3.05) is 24.6 Å². The first-order valence-electron chi connectivity index (χ1n) is 5.88. The molecule has 1 saturated heterocycles. The number of thioether (sulfide) groups is 1. The van der Waals surface area contributed by atoms with E-state index in [1.54, 1.807) is 0 Å². The molecule has 0 amide bonds. The van der Waals surface area contributed by atoms with Gasteiger partial charge in [-0.2, -0.15) is 11.8 Å². The van der Waals surface area contributed by atoms with E-state index in [9.17, 15) is 0 Å². The summed E-state index contributed by atoms with van der Waals surface area (Å²) in [5.41, 5.74) is 7.93. The van der Waals surface area contributed by atoms with Gasteiger partial charge in [0.05, 0.1) is 0 Å². The van der Waals surface area contributed by atoms with Gasteiger partial charge in [-0.3, -0.25) is 4.90 Å². The molecular formula is C13H20N2S. The van der Waals surface area contributed by atoms with E-state index in [1.165, 1.54) is 24.4 Å². The Morgan fingerprint density at radius 2 is 2.06 bits per heavy atom. The molecule has 0 bridgehead atoms. The van der Waals surface area contributed by atoms with Crippen LogP contribution in [-0.2, 0) is 0 Å². The minimum Gasteiger partial charge on any atom is -0.399 e. The van der Waals surface area contributed by atoms with E-state index in [1.807, 2.05) is 12.1 Å². The molecule has 0 aromatic heterocycles. The predicted molar refractivity (Wildman–Crippen MR) is 72.8 cm³/mol. The molecule has 88 valence electrons. The zero-order chi connectivity index (χ0) is 11.5. The molecule has 2 atom stereocenters. The first kappa shape index (κ1) is 11.8. The fourth-order valence-corrected chi connectivity index (χ4v) is 3.22. The highest BCUT2D eigenvalue weighted by Gasteiger charge is 2.21. The van der Waals surface area contributed by atoms with E-state index in [2.05, 4.69) is 42.6 Å². The Morgan fingerprint density at radius 3 is 2.69 bits per heavy atom. The van der Waals surface area contributed by atoms with Crippen LogP contribution in [0.1, 0.15) is 25.5 Å². The molecule has 0 aliphatic carbocycles. The van der Waals surface area contributed by atoms with Gasteiger partial charge in [-0.25, -0.2) is 0 Å². The summed E-state index contributed by atoms with van der Waals surface area (Å²) in [6.45, 7) is 6.98. The Labute approximate surface area is 102 Å². The summed E-state index contributed by atoms with van der Waals surface area (Å²) in [6, 6.07) is 8.78. The third kappa shape index (κ3) is 2.71. The van der Waals surface area contributed by atoms with Crippen molar-refractivity contribution >= 4 is 17.4 Å². The molecular weight excluding hydrogens is 216 g/mol. The molecule has 3 heteroatoms. The average molecular weight is 236 g/mol. The molecule has 1 aliphatic heterocycles. The van der Waals surface area contributed by atoms with Gasteiger partial charge in [0.25, 0.3) is 0 Å². The molecule has 0 radical (unpaired) electrons. The second-order valence-electron chi connectivity index (χ2n) is 4.52. The van der Waals surface area contributed by atoms with E-state index in [0.717, 1.165) is 10.9 Å². The molecule has 2 nitrogen and oxygen atoms in total. The first-order chi connectivity index (χ1) is 7.66. The maximum Gasteiger partial charge on any atom is 0.0320 e. The second kappa shape index (κ2) is 5.11. The first-order valence-corrected chi connectivity index (χ1v) is 6.93. The lowest BCUT2D eigenvalue weighted by Gasteiger charge is -2.35. The zero-order valence-corrected chi connectivity index (χ0v) is 10.8. The fraction of sp³-hybridized carbons (Fsp3) is 0.538. The number of hydrogen-bond donors (Lipinski definition) is 1. The van der Waals surface area contributed by atoms with Gasteiger partial charge in [0.15, 0.2) is 0 Å². The molecule has 16 heavy (non-hydrogen) atoms. The lowest BCUT2D eigenvalue weighted by atomic mass is 10.1. The summed E-state index contributed by atoms with van der Waals surface area (Å²) in [4.78, 5) is 2.56. The molecule has 1 aromatic rings. The number of rotatable bonds is 2. The summed E-state index contributed by atoms with van der Waals surface area (Å²) < 4.78 is 0. The third-order valence-corrected chi connectivity index (χ3v) is 4.38. The normalized spacial score (nSPS) is 24.2. The third-order valence-electron chi connectivity index (χ3n) is 3.24. The van der Waals surface area contributed by atoms with Crippen LogP contribution >= 0.6 is 11.8 Å². The summed E-state index contributed by atoms with van der Waals surface area (Å²) in [5, 5.41) is 0.755. The monoisotopic (exact) mass is 236 g/mol. The van der Waals surface area contributed by atoms with Crippen molar-refractivity contribution in [3.63, 3.8) is 0 Å². The smallest absolute Gasteiger partial charge is 0.0320 e. The van der Waals surface area contributed by atoms with Gasteiger partial charge < -0.3 is 5.73 Å². The van der Waals surface area contributed by atoms with Crippen molar-refractivity contribution in [2.45, 2.75) is 25.1 Å². The molecule has 1 aromatic carbocycles. The Morgan fingerprint density at radius 1 is 1.38 bits per heavy atom. The Kier molecular flexibility index (Phi) is 3.77. The Bertz CT molecular complexity index is 336. The van der Waals surface area contributed by atoms with Crippen LogP contribution in [0.2, 0.25) is 0 Å². The minimum absolute atomic E-state index is 0.504. The van der Waals surface area contributed by atoms with Crippen molar-refractivity contribution in [1.82, 2.24) is 4.90 Å². The van der Waals surface area contributed by atoms with Gasteiger partial charge in [-0.05, 0) is 24.6 Å². The number of hydrogen-bond acceptors (Lipinski definition) is 3. The van der Waals surface area contributed by atoms with Crippen LogP contribution in [0, 0.1) is 0 Å². The van der Waals surface area contributed by atoms with Gasteiger partial charge in [-0.15, -0.1) is 0 Å². The van der Waals surface area contributed by atoms with Gasteiger partial charge in [-0.1, -0.05) is 19.1 Å². The summed E-state index contributed by atoms with van der Waals surface area (Å²) >= 11 is 2.08. The lowest BCUT2D eigenvalue weighted by Crippen LogP contribution is -2.38. The van der Waals surface area contributed by atoms with E-state index < -0.39 is 0 Å². The maximum absolute atomic E-state index is 5.71. The van der Waals surface area contributed by atoms with E-state index in [4.69, 9.17) is 5.73 Å². The minimum atomic E-state index is 0.504. The number of nitrogen functional groups attached to an aromatic ring is 1. The Balaban J connectivity index is 2.06. The summed E-state index contributed by atoms with van der Waals surface area (Å²) in [7, 11) is 0. The van der Waals surface area contributed by atoms with E-state index in [-0.39, 0.29) is 0 Å². The zero-order valence-electron chi connectivity index (χ0n) is 10.0. The molecule has 0 saturated carbocycles. The van der Waals surface area contributed by atoms with Crippen LogP contribution in [0.3, 0.4) is 0 Å². The van der Waals surface area contributed by atoms with Crippen LogP contribution in [-0.4, -0.2) is 29.0 Å². The quantitative estimate of drug-likeness (QED) is 0.801. The maximum atomic E-state index is 5.71. The van der Waals surface area contributed by atoms with Gasteiger partial charge in [0.2, 0.25) is 0 Å². The largest absolute Gasteiger partial charge is 0.399 e. The number of anilines is 1. The number of nitrogens with two attached hydrogens (primary N) is 1. The predicted octanol–water partition coefficient (Wildman–Crippen LogP) is 2.77. The highest BCUT2D eigenvalue weighted by molar-refractivity contribution is 7.99. The van der Waals surface area contributed by atoms with Crippen molar-refractivity contribution in [3.05, 3.63) is 29.8 Å². The van der Waals surface area contributed by atoms with Crippen molar-refractivity contribution in [1.29, 1.82) is 0 Å². The molecule has 2 rings (SSSR count). The fourth-order valence-electron chi connectivity index (χ4n) is 2.18. The van der Waals surface area contributed by atoms with Gasteiger partial charge in [0.1, 0.15) is 0 Å². The number of nitrogens with zero attached hydrogens (tertiary/aromatic N) is 1. The topological polar surface area (TPSA) is 29.3 Å². The second-order valence-corrected chi connectivity index (χ2v) is 6.07. The standard InChI is InChI=1S/C13H20N2S/c1-10-9-15(7-8-16-10)11(2)12-3-5-13(14)6-4-12/h3-6,10-11H,7-9,14H2,1-2H3. The van der Waals surface area contributed by atoms with Crippen molar-refractivity contribution in [2.24, 2.45) is 0 Å². The molecule has 2 N–H and O–H groups in total. The summed E-state index contributed by atoms with van der Waals surface area (Å²) in [6.07, 6.45) is 0. The molecule has 0 spiro atoms. The van der Waals surface area contributed by atoms with E-state index in [0.29, 0.717) is 6.04 Å². The average Bonchev–Trinajstić information content (AvgIpc) is 2.29. The molecule has 2 unspecified atom stereocenters. The molecule has 1 heterocycles. The molecule has 1 fully saturated rings. The lowest BCUT2D eigenvalue weighted by molar-refractivity contribution is 0.221. The number of benzene rings is 1. The van der Waals surface area contributed by atoms with Crippen molar-refractivity contribution < 1.29 is 0 Å². The van der Waals surface area contributed by atoms with E-state index >= 15 is 0 Å². The van der Waals surface area contributed by atoms with Crippen LogP contribution in [0.15, 0.2) is 24.3 Å². The van der Waals surface area contributed by atoms with Crippen LogP contribution in [0.25, 0.3) is 0 Å². The Hall–Kier alpha value is -0.670.